The molecule has 0 radical (unpaired) electrons. The molecule has 7 heteroatoms. The van der Waals surface area contributed by atoms with Gasteiger partial charge in [-0.15, -0.1) is 10.2 Å². The van der Waals surface area contributed by atoms with Crippen LogP contribution in [0.2, 0.25) is 0 Å². The minimum atomic E-state index is -0.693. The van der Waals surface area contributed by atoms with Gasteiger partial charge in [-0.1, -0.05) is 62.4 Å². The largest absolute Gasteiger partial charge is 0.481 e. The highest BCUT2D eigenvalue weighted by Gasteiger charge is 2.28. The van der Waals surface area contributed by atoms with Crippen LogP contribution in [0.1, 0.15) is 43.9 Å². The number of aromatic nitrogens is 2. The highest BCUT2D eigenvalue weighted by atomic mass is 32.1. The van der Waals surface area contributed by atoms with Crippen molar-refractivity contribution in [3.63, 3.8) is 0 Å². The summed E-state index contributed by atoms with van der Waals surface area (Å²) in [5.74, 6) is -0.397. The van der Waals surface area contributed by atoms with Crippen molar-refractivity contribution in [1.29, 1.82) is 0 Å². The van der Waals surface area contributed by atoms with Gasteiger partial charge in [-0.2, -0.15) is 0 Å². The molecule has 0 amide bonds. The maximum atomic E-state index is 11.3. The topological polar surface area (TPSA) is 92.3 Å². The van der Waals surface area contributed by atoms with Crippen LogP contribution in [0.3, 0.4) is 0 Å². The SMILES string of the molecule is CCc1c(CN2CCC(C(=O)O)C2)cccc1-c1nnc(-c2ccc(CC(C)C)c(N)c2)s1. The molecule has 3 N–H and O–H groups in total. The Morgan fingerprint density at radius 2 is 2.00 bits per heavy atom. The van der Waals surface area contributed by atoms with Gasteiger partial charge in [0.05, 0.1) is 5.92 Å². The fourth-order valence-electron chi connectivity index (χ4n) is 4.62. The van der Waals surface area contributed by atoms with Crippen molar-refractivity contribution >= 4 is 23.0 Å². The van der Waals surface area contributed by atoms with Crippen LogP contribution >= 0.6 is 11.3 Å². The summed E-state index contributed by atoms with van der Waals surface area (Å²) in [6, 6.07) is 12.5. The van der Waals surface area contributed by atoms with E-state index in [0.717, 1.165) is 59.2 Å². The van der Waals surface area contributed by atoms with Crippen molar-refractivity contribution in [2.45, 2.75) is 46.6 Å². The van der Waals surface area contributed by atoms with Crippen molar-refractivity contribution < 1.29 is 9.90 Å². The quantitative estimate of drug-likeness (QED) is 0.450. The Morgan fingerprint density at radius 1 is 1.21 bits per heavy atom. The van der Waals surface area contributed by atoms with Crippen molar-refractivity contribution in [3.8, 4) is 21.1 Å². The van der Waals surface area contributed by atoms with Gasteiger partial charge in [0.2, 0.25) is 0 Å². The molecule has 1 saturated heterocycles. The number of carboxylic acid groups (broad SMARTS) is 1. The van der Waals surface area contributed by atoms with E-state index in [1.165, 1.54) is 16.7 Å². The van der Waals surface area contributed by atoms with Crippen molar-refractivity contribution in [1.82, 2.24) is 15.1 Å². The molecule has 1 aliphatic rings. The van der Waals surface area contributed by atoms with Crippen LogP contribution in [0.5, 0.6) is 0 Å². The van der Waals surface area contributed by atoms with Crippen LogP contribution < -0.4 is 5.73 Å². The monoisotopic (exact) mass is 464 g/mol. The molecule has 33 heavy (non-hydrogen) atoms. The molecule has 0 aliphatic carbocycles. The third-order valence-corrected chi connectivity index (χ3v) is 7.32. The summed E-state index contributed by atoms with van der Waals surface area (Å²) in [5, 5.41) is 20.1. The van der Waals surface area contributed by atoms with E-state index in [2.05, 4.69) is 66.2 Å². The van der Waals surface area contributed by atoms with Crippen molar-refractivity contribution in [3.05, 3.63) is 53.1 Å². The number of hydrogen-bond acceptors (Lipinski definition) is 6. The third kappa shape index (κ3) is 5.25. The Hall–Kier alpha value is -2.77. The zero-order valence-corrected chi connectivity index (χ0v) is 20.4. The number of carbonyl (C=O) groups is 1. The average molecular weight is 465 g/mol. The van der Waals surface area contributed by atoms with E-state index in [0.29, 0.717) is 12.5 Å². The summed E-state index contributed by atoms with van der Waals surface area (Å²) in [6.07, 6.45) is 2.56. The first-order valence-corrected chi connectivity index (χ1v) is 12.5. The first kappa shape index (κ1) is 23.4. The van der Waals surface area contributed by atoms with Gasteiger partial charge >= 0.3 is 5.97 Å². The zero-order valence-electron chi connectivity index (χ0n) is 19.5. The van der Waals surface area contributed by atoms with E-state index >= 15 is 0 Å². The normalized spacial score (nSPS) is 16.5. The highest BCUT2D eigenvalue weighted by molar-refractivity contribution is 7.17. The molecule has 2 aromatic carbocycles. The van der Waals surface area contributed by atoms with Crippen LogP contribution in [-0.4, -0.2) is 39.3 Å². The summed E-state index contributed by atoms with van der Waals surface area (Å²) in [6.45, 7) is 8.74. The number of nitrogen functional groups attached to an aromatic ring is 1. The summed E-state index contributed by atoms with van der Waals surface area (Å²) >= 11 is 1.58. The smallest absolute Gasteiger partial charge is 0.307 e. The van der Waals surface area contributed by atoms with E-state index in [9.17, 15) is 9.90 Å². The molecule has 6 nitrogen and oxygen atoms in total. The second-order valence-electron chi connectivity index (χ2n) is 9.28. The van der Waals surface area contributed by atoms with E-state index in [-0.39, 0.29) is 5.92 Å². The number of likely N-dealkylation sites (tertiary alicyclic amines) is 1. The van der Waals surface area contributed by atoms with E-state index < -0.39 is 5.97 Å². The Kier molecular flexibility index (Phi) is 7.10. The highest BCUT2D eigenvalue weighted by Crippen LogP contribution is 2.35. The number of carboxylic acids is 1. The number of hydrogen-bond donors (Lipinski definition) is 2. The van der Waals surface area contributed by atoms with Crippen LogP contribution in [-0.2, 0) is 24.2 Å². The molecule has 1 aromatic heterocycles. The van der Waals surface area contributed by atoms with Crippen molar-refractivity contribution in [2.75, 3.05) is 18.8 Å². The lowest BCUT2D eigenvalue weighted by molar-refractivity contribution is -0.141. The Bertz CT molecular complexity index is 1140. The molecular formula is C26H32N4O2S. The van der Waals surface area contributed by atoms with Crippen LogP contribution in [0.15, 0.2) is 36.4 Å². The number of rotatable bonds is 8. The number of nitrogens with two attached hydrogens (primary N) is 1. The van der Waals surface area contributed by atoms with Crippen LogP contribution in [0.25, 0.3) is 21.1 Å². The van der Waals surface area contributed by atoms with E-state index in [1.54, 1.807) is 11.3 Å². The molecule has 2 heterocycles. The fraction of sp³-hybridized carbons (Fsp3) is 0.423. The first-order valence-electron chi connectivity index (χ1n) is 11.6. The summed E-state index contributed by atoms with van der Waals surface area (Å²) in [7, 11) is 0. The predicted octanol–water partition coefficient (Wildman–Crippen LogP) is 5.12. The Labute approximate surface area is 199 Å². The molecular weight excluding hydrogens is 432 g/mol. The summed E-state index contributed by atoms with van der Waals surface area (Å²) in [4.78, 5) is 13.6. The first-order chi connectivity index (χ1) is 15.9. The lowest BCUT2D eigenvalue weighted by atomic mass is 9.98. The van der Waals surface area contributed by atoms with Gasteiger partial charge in [0, 0.05) is 29.9 Å². The van der Waals surface area contributed by atoms with Crippen molar-refractivity contribution in [2.24, 2.45) is 11.8 Å². The molecule has 1 fully saturated rings. The van der Waals surface area contributed by atoms with Gasteiger partial charge < -0.3 is 10.8 Å². The van der Waals surface area contributed by atoms with Crippen LogP contribution in [0, 0.1) is 11.8 Å². The van der Waals surface area contributed by atoms with Gasteiger partial charge in [0.15, 0.2) is 0 Å². The molecule has 174 valence electrons. The van der Waals surface area contributed by atoms with Crippen LogP contribution in [0.4, 0.5) is 5.69 Å². The lowest BCUT2D eigenvalue weighted by Gasteiger charge is -2.19. The van der Waals surface area contributed by atoms with Gasteiger partial charge in [0.25, 0.3) is 0 Å². The minimum absolute atomic E-state index is 0.261. The molecule has 0 bridgehead atoms. The molecule has 0 spiro atoms. The Balaban J connectivity index is 1.57. The maximum Gasteiger partial charge on any atom is 0.307 e. The number of benzene rings is 2. The predicted molar refractivity (Wildman–Crippen MR) is 134 cm³/mol. The minimum Gasteiger partial charge on any atom is -0.481 e. The molecule has 1 unspecified atom stereocenters. The second kappa shape index (κ2) is 10.0. The molecule has 0 saturated carbocycles. The van der Waals surface area contributed by atoms with Gasteiger partial charge in [-0.3, -0.25) is 9.69 Å². The summed E-state index contributed by atoms with van der Waals surface area (Å²) in [5.41, 5.74) is 12.9. The molecule has 4 rings (SSSR count). The van der Waals surface area contributed by atoms with Gasteiger partial charge in [-0.05, 0) is 54.5 Å². The number of nitrogens with zero attached hydrogens (tertiary/aromatic N) is 3. The fourth-order valence-corrected chi connectivity index (χ4v) is 5.51. The number of anilines is 1. The molecule has 1 aliphatic heterocycles. The third-order valence-electron chi connectivity index (χ3n) is 6.32. The van der Waals surface area contributed by atoms with Gasteiger partial charge in [-0.25, -0.2) is 0 Å². The maximum absolute atomic E-state index is 11.3. The lowest BCUT2D eigenvalue weighted by Crippen LogP contribution is -2.23. The zero-order chi connectivity index (χ0) is 23.5. The van der Waals surface area contributed by atoms with E-state index in [4.69, 9.17) is 5.73 Å². The molecule has 3 aromatic rings. The summed E-state index contributed by atoms with van der Waals surface area (Å²) < 4.78 is 0. The van der Waals surface area contributed by atoms with E-state index in [1.807, 2.05) is 6.07 Å². The second-order valence-corrected chi connectivity index (χ2v) is 10.3. The van der Waals surface area contributed by atoms with Gasteiger partial charge in [0.1, 0.15) is 10.0 Å². The standard InChI is InChI=1S/C26H32N4O2S/c1-4-21-19(14-30-11-10-20(15-30)26(31)32)6-5-7-22(21)25-29-28-24(33-25)18-9-8-17(12-16(2)3)23(27)13-18/h5-9,13,16,20H,4,10-12,14-15,27H2,1-3H3,(H,31,32). The number of aliphatic carboxylic acids is 1. The Morgan fingerprint density at radius 3 is 2.67 bits per heavy atom. The average Bonchev–Trinajstić information content (AvgIpc) is 3.45. The molecule has 1 atom stereocenters.